The third-order valence-corrected chi connectivity index (χ3v) is 3.55. The van der Waals surface area contributed by atoms with E-state index in [1.807, 2.05) is 12.4 Å². The molecule has 0 aliphatic carbocycles. The van der Waals surface area contributed by atoms with Crippen molar-refractivity contribution >= 4 is 0 Å². The van der Waals surface area contributed by atoms with E-state index in [4.69, 9.17) is 0 Å². The lowest BCUT2D eigenvalue weighted by Crippen LogP contribution is -2.30. The Morgan fingerprint density at radius 2 is 1.95 bits per heavy atom. The minimum absolute atomic E-state index is 0.516. The number of hydrogen-bond acceptors (Lipinski definition) is 2. The van der Waals surface area contributed by atoms with Gasteiger partial charge in [0, 0.05) is 25.0 Å². The van der Waals surface area contributed by atoms with Gasteiger partial charge in [0.15, 0.2) is 0 Å². The summed E-state index contributed by atoms with van der Waals surface area (Å²) in [6.07, 6.45) is 6.02. The molecule has 2 nitrogen and oxygen atoms in total. The fraction of sp³-hybridized carbons (Fsp3) is 0.353. The van der Waals surface area contributed by atoms with E-state index in [2.05, 4.69) is 60.5 Å². The van der Waals surface area contributed by atoms with Gasteiger partial charge in [0.2, 0.25) is 0 Å². The standard InChI is InChI=1S/C17H22N2/c1-3-17(11-15-7-5-4-6-8-15)19-13-16-12-18-10-9-14(16)2/h4-10,12,17,19H,3,11,13H2,1-2H3. The summed E-state index contributed by atoms with van der Waals surface area (Å²) >= 11 is 0. The molecule has 1 aromatic heterocycles. The van der Waals surface area contributed by atoms with Crippen LogP contribution in [0.3, 0.4) is 0 Å². The molecule has 1 N–H and O–H groups in total. The summed E-state index contributed by atoms with van der Waals surface area (Å²) in [6.45, 7) is 5.26. The molecule has 1 aromatic carbocycles. The number of pyridine rings is 1. The molecule has 1 unspecified atom stereocenters. The largest absolute Gasteiger partial charge is 0.310 e. The van der Waals surface area contributed by atoms with E-state index in [9.17, 15) is 0 Å². The van der Waals surface area contributed by atoms with Crippen molar-refractivity contribution in [1.29, 1.82) is 0 Å². The summed E-state index contributed by atoms with van der Waals surface area (Å²) in [5, 5.41) is 3.64. The fourth-order valence-electron chi connectivity index (χ4n) is 2.20. The molecule has 0 saturated heterocycles. The molecule has 2 rings (SSSR count). The van der Waals surface area contributed by atoms with Crippen LogP contribution in [-0.2, 0) is 13.0 Å². The molecular weight excluding hydrogens is 232 g/mol. The average molecular weight is 254 g/mol. The van der Waals surface area contributed by atoms with Crippen molar-refractivity contribution in [2.75, 3.05) is 0 Å². The minimum atomic E-state index is 0.516. The van der Waals surface area contributed by atoms with Crippen LogP contribution in [0, 0.1) is 6.92 Å². The van der Waals surface area contributed by atoms with Crippen LogP contribution in [0.2, 0.25) is 0 Å². The number of rotatable bonds is 6. The normalized spacial score (nSPS) is 12.3. The summed E-state index contributed by atoms with van der Waals surface area (Å²) in [7, 11) is 0. The Morgan fingerprint density at radius 1 is 1.16 bits per heavy atom. The van der Waals surface area contributed by atoms with E-state index in [1.165, 1.54) is 16.7 Å². The first-order valence-corrected chi connectivity index (χ1v) is 6.96. The van der Waals surface area contributed by atoms with Gasteiger partial charge in [-0.15, -0.1) is 0 Å². The van der Waals surface area contributed by atoms with Crippen LogP contribution in [0.15, 0.2) is 48.8 Å². The summed E-state index contributed by atoms with van der Waals surface area (Å²) in [5.41, 5.74) is 3.98. The van der Waals surface area contributed by atoms with Crippen molar-refractivity contribution in [3.8, 4) is 0 Å². The second-order valence-corrected chi connectivity index (χ2v) is 4.98. The number of nitrogens with zero attached hydrogens (tertiary/aromatic N) is 1. The topological polar surface area (TPSA) is 24.9 Å². The van der Waals surface area contributed by atoms with Crippen LogP contribution >= 0.6 is 0 Å². The van der Waals surface area contributed by atoms with E-state index >= 15 is 0 Å². The molecule has 0 aliphatic heterocycles. The molecule has 2 aromatic rings. The highest BCUT2D eigenvalue weighted by Crippen LogP contribution is 2.08. The van der Waals surface area contributed by atoms with Crippen LogP contribution in [0.5, 0.6) is 0 Å². The van der Waals surface area contributed by atoms with Gasteiger partial charge in [0.25, 0.3) is 0 Å². The van der Waals surface area contributed by atoms with Crippen LogP contribution in [0.4, 0.5) is 0 Å². The van der Waals surface area contributed by atoms with E-state index in [1.54, 1.807) is 0 Å². The van der Waals surface area contributed by atoms with Crippen molar-refractivity contribution < 1.29 is 0 Å². The lowest BCUT2D eigenvalue weighted by atomic mass is 10.0. The summed E-state index contributed by atoms with van der Waals surface area (Å²) < 4.78 is 0. The van der Waals surface area contributed by atoms with Crippen molar-refractivity contribution in [3.05, 3.63) is 65.5 Å². The van der Waals surface area contributed by atoms with Crippen LogP contribution in [-0.4, -0.2) is 11.0 Å². The Hall–Kier alpha value is -1.67. The Kier molecular flexibility index (Phi) is 5.10. The maximum Gasteiger partial charge on any atom is 0.0315 e. The predicted octanol–water partition coefficient (Wildman–Crippen LogP) is 3.50. The quantitative estimate of drug-likeness (QED) is 0.853. The molecule has 2 heteroatoms. The van der Waals surface area contributed by atoms with E-state index in [0.717, 1.165) is 19.4 Å². The van der Waals surface area contributed by atoms with Gasteiger partial charge < -0.3 is 5.32 Å². The van der Waals surface area contributed by atoms with E-state index < -0.39 is 0 Å². The molecule has 0 amide bonds. The van der Waals surface area contributed by atoms with Crippen LogP contribution < -0.4 is 5.32 Å². The molecule has 0 fully saturated rings. The summed E-state index contributed by atoms with van der Waals surface area (Å²) in [6, 6.07) is 13.2. The van der Waals surface area contributed by atoms with Gasteiger partial charge in [-0.25, -0.2) is 0 Å². The molecule has 1 atom stereocenters. The zero-order chi connectivity index (χ0) is 13.5. The number of hydrogen-bond donors (Lipinski definition) is 1. The molecule has 0 bridgehead atoms. The van der Waals surface area contributed by atoms with Gasteiger partial charge in [-0.1, -0.05) is 37.3 Å². The first-order valence-electron chi connectivity index (χ1n) is 6.96. The van der Waals surface area contributed by atoms with Gasteiger partial charge in [-0.2, -0.15) is 0 Å². The van der Waals surface area contributed by atoms with Gasteiger partial charge >= 0.3 is 0 Å². The lowest BCUT2D eigenvalue weighted by Gasteiger charge is -2.17. The maximum absolute atomic E-state index is 4.19. The average Bonchev–Trinajstić information content (AvgIpc) is 2.46. The Balaban J connectivity index is 1.91. The van der Waals surface area contributed by atoms with E-state index in [-0.39, 0.29) is 0 Å². The number of nitrogens with one attached hydrogen (secondary N) is 1. The summed E-state index contributed by atoms with van der Waals surface area (Å²) in [5.74, 6) is 0. The lowest BCUT2D eigenvalue weighted by molar-refractivity contribution is 0.493. The third kappa shape index (κ3) is 4.18. The predicted molar refractivity (Wildman–Crippen MR) is 80.0 cm³/mol. The Labute approximate surface area is 115 Å². The zero-order valence-corrected chi connectivity index (χ0v) is 11.8. The molecule has 19 heavy (non-hydrogen) atoms. The molecule has 100 valence electrons. The van der Waals surface area contributed by atoms with Gasteiger partial charge in [0.05, 0.1) is 0 Å². The van der Waals surface area contributed by atoms with Crippen molar-refractivity contribution in [3.63, 3.8) is 0 Å². The van der Waals surface area contributed by atoms with E-state index in [0.29, 0.717) is 6.04 Å². The highest BCUT2D eigenvalue weighted by atomic mass is 14.9. The van der Waals surface area contributed by atoms with Crippen LogP contribution in [0.25, 0.3) is 0 Å². The third-order valence-electron chi connectivity index (χ3n) is 3.55. The first-order chi connectivity index (χ1) is 9.29. The van der Waals surface area contributed by atoms with Crippen LogP contribution in [0.1, 0.15) is 30.0 Å². The fourth-order valence-corrected chi connectivity index (χ4v) is 2.20. The van der Waals surface area contributed by atoms with Crippen molar-refractivity contribution in [1.82, 2.24) is 10.3 Å². The summed E-state index contributed by atoms with van der Waals surface area (Å²) in [4.78, 5) is 4.19. The Morgan fingerprint density at radius 3 is 2.63 bits per heavy atom. The highest BCUT2D eigenvalue weighted by molar-refractivity contribution is 5.21. The monoisotopic (exact) mass is 254 g/mol. The Bertz CT molecular complexity index is 494. The number of aryl methyl sites for hydroxylation is 1. The molecule has 0 saturated carbocycles. The number of aromatic nitrogens is 1. The minimum Gasteiger partial charge on any atom is -0.310 e. The number of benzene rings is 1. The van der Waals surface area contributed by atoms with Gasteiger partial charge in [0.1, 0.15) is 0 Å². The highest BCUT2D eigenvalue weighted by Gasteiger charge is 2.07. The smallest absolute Gasteiger partial charge is 0.0315 e. The maximum atomic E-state index is 4.19. The SMILES string of the molecule is CCC(Cc1ccccc1)NCc1cnccc1C. The van der Waals surface area contributed by atoms with Gasteiger partial charge in [-0.05, 0) is 42.5 Å². The van der Waals surface area contributed by atoms with Crippen molar-refractivity contribution in [2.45, 2.75) is 39.3 Å². The second kappa shape index (κ2) is 7.05. The zero-order valence-electron chi connectivity index (χ0n) is 11.8. The second-order valence-electron chi connectivity index (χ2n) is 4.98. The first kappa shape index (κ1) is 13.8. The molecular formula is C17H22N2. The molecule has 0 aliphatic rings. The van der Waals surface area contributed by atoms with Gasteiger partial charge in [-0.3, -0.25) is 4.98 Å². The van der Waals surface area contributed by atoms with Crippen molar-refractivity contribution in [2.24, 2.45) is 0 Å². The molecule has 1 heterocycles. The molecule has 0 spiro atoms. The molecule has 0 radical (unpaired) electrons.